The maximum Gasteiger partial charge on any atom is 0.0602 e. The molecule has 3 nitrogen and oxygen atoms in total. The Morgan fingerprint density at radius 1 is 1.29 bits per heavy atom. The fourth-order valence-corrected chi connectivity index (χ4v) is 2.75. The van der Waals surface area contributed by atoms with Crippen molar-refractivity contribution in [2.24, 2.45) is 5.73 Å². The van der Waals surface area contributed by atoms with Gasteiger partial charge in [-0.2, -0.15) is 0 Å². The van der Waals surface area contributed by atoms with E-state index in [-0.39, 0.29) is 6.04 Å². The molecule has 0 fully saturated rings. The highest BCUT2D eigenvalue weighted by atomic mass is 79.9. The molecule has 1 aromatic heterocycles. The van der Waals surface area contributed by atoms with Gasteiger partial charge in [0.05, 0.1) is 12.2 Å². The van der Waals surface area contributed by atoms with E-state index in [0.717, 1.165) is 29.7 Å². The predicted octanol–water partition coefficient (Wildman–Crippen LogP) is 3.76. The van der Waals surface area contributed by atoms with Crippen molar-refractivity contribution >= 4 is 21.6 Å². The maximum atomic E-state index is 5.98. The van der Waals surface area contributed by atoms with Gasteiger partial charge in [0.25, 0.3) is 0 Å². The van der Waals surface area contributed by atoms with Crippen LogP contribution in [0.4, 0.5) is 5.69 Å². The molecular weight excluding hydrogens is 326 g/mol. The molecule has 21 heavy (non-hydrogen) atoms. The molecule has 0 saturated heterocycles. The van der Waals surface area contributed by atoms with Crippen molar-refractivity contribution in [3.63, 3.8) is 0 Å². The summed E-state index contributed by atoms with van der Waals surface area (Å²) < 4.78 is 1.09. The lowest BCUT2D eigenvalue weighted by Gasteiger charge is -2.26. The molecule has 0 amide bonds. The first kappa shape index (κ1) is 16.0. The Hall–Kier alpha value is -1.39. The number of anilines is 1. The average Bonchev–Trinajstić information content (AvgIpc) is 2.47. The van der Waals surface area contributed by atoms with E-state index in [0.29, 0.717) is 0 Å². The normalized spacial score (nSPS) is 12.2. The molecule has 4 heteroatoms. The third-order valence-corrected chi connectivity index (χ3v) is 3.88. The molecule has 1 heterocycles. The summed E-state index contributed by atoms with van der Waals surface area (Å²) in [5.41, 5.74) is 9.57. The second-order valence-electron chi connectivity index (χ2n) is 5.29. The Morgan fingerprint density at radius 3 is 2.71 bits per heavy atom. The van der Waals surface area contributed by atoms with Crippen LogP contribution in [0.25, 0.3) is 0 Å². The lowest BCUT2D eigenvalue weighted by molar-refractivity contribution is 0.727. The first-order chi connectivity index (χ1) is 10.1. The minimum atomic E-state index is 0.151. The number of aromatic nitrogens is 1. The van der Waals surface area contributed by atoms with E-state index in [9.17, 15) is 0 Å². The zero-order valence-corrected chi connectivity index (χ0v) is 14.2. The van der Waals surface area contributed by atoms with E-state index >= 15 is 0 Å². The van der Waals surface area contributed by atoms with Crippen molar-refractivity contribution in [2.45, 2.75) is 32.9 Å². The van der Waals surface area contributed by atoms with Crippen LogP contribution in [0.5, 0.6) is 0 Å². The molecule has 1 atom stereocenters. The van der Waals surface area contributed by atoms with Gasteiger partial charge in [-0.3, -0.25) is 4.98 Å². The first-order valence-corrected chi connectivity index (χ1v) is 8.08. The summed E-state index contributed by atoms with van der Waals surface area (Å²) in [6.45, 7) is 5.94. The Kier molecular flexibility index (Phi) is 5.76. The van der Waals surface area contributed by atoms with Gasteiger partial charge in [-0.15, -0.1) is 0 Å². The Labute approximate surface area is 135 Å². The lowest BCUT2D eigenvalue weighted by Crippen LogP contribution is -2.26. The number of pyridine rings is 1. The van der Waals surface area contributed by atoms with E-state index in [1.54, 1.807) is 0 Å². The highest BCUT2D eigenvalue weighted by molar-refractivity contribution is 9.10. The monoisotopic (exact) mass is 347 g/mol. The van der Waals surface area contributed by atoms with Crippen LogP contribution in [0.1, 0.15) is 25.1 Å². The molecule has 0 aliphatic carbocycles. The van der Waals surface area contributed by atoms with E-state index in [4.69, 9.17) is 5.73 Å². The third-order valence-electron chi connectivity index (χ3n) is 3.39. The molecule has 0 saturated carbocycles. The molecule has 0 aliphatic rings. The molecule has 1 aromatic carbocycles. The smallest absolute Gasteiger partial charge is 0.0602 e. The van der Waals surface area contributed by atoms with Crippen LogP contribution < -0.4 is 10.6 Å². The molecule has 2 N–H and O–H groups in total. The highest BCUT2D eigenvalue weighted by Gasteiger charge is 2.12. The van der Waals surface area contributed by atoms with Gasteiger partial charge in [-0.05, 0) is 50.1 Å². The summed E-state index contributed by atoms with van der Waals surface area (Å²) in [6.07, 6.45) is 2.72. The summed E-state index contributed by atoms with van der Waals surface area (Å²) in [5, 5.41) is 0. The van der Waals surface area contributed by atoms with Crippen LogP contribution in [0.15, 0.2) is 47.1 Å². The minimum absolute atomic E-state index is 0.151. The zero-order chi connectivity index (χ0) is 15.2. The number of hydrogen-bond donors (Lipinski definition) is 1. The fourth-order valence-electron chi connectivity index (χ4n) is 2.41. The van der Waals surface area contributed by atoms with Gasteiger partial charge in [0.15, 0.2) is 0 Å². The van der Waals surface area contributed by atoms with Gasteiger partial charge in [-0.1, -0.05) is 28.1 Å². The summed E-state index contributed by atoms with van der Waals surface area (Å²) in [7, 11) is 0. The van der Waals surface area contributed by atoms with Crippen molar-refractivity contribution in [3.05, 3.63) is 58.3 Å². The molecule has 0 radical (unpaired) electrons. The van der Waals surface area contributed by atoms with Crippen LogP contribution >= 0.6 is 15.9 Å². The summed E-state index contributed by atoms with van der Waals surface area (Å²) in [5.74, 6) is 0. The molecule has 0 aliphatic heterocycles. The summed E-state index contributed by atoms with van der Waals surface area (Å²) in [6, 6.07) is 12.6. The third kappa shape index (κ3) is 4.55. The molecule has 112 valence electrons. The molecule has 2 aromatic rings. The van der Waals surface area contributed by atoms with E-state index in [1.165, 1.54) is 11.3 Å². The molecule has 0 spiro atoms. The van der Waals surface area contributed by atoms with Crippen LogP contribution in [0.2, 0.25) is 0 Å². The van der Waals surface area contributed by atoms with Crippen LogP contribution in [-0.2, 0) is 13.0 Å². The number of halogens is 1. The second-order valence-corrected chi connectivity index (χ2v) is 6.21. The molecule has 0 bridgehead atoms. The Bertz CT molecular complexity index is 570. The minimum Gasteiger partial charge on any atom is -0.366 e. The molecule has 2 rings (SSSR count). The van der Waals surface area contributed by atoms with E-state index in [1.807, 2.05) is 25.3 Å². The van der Waals surface area contributed by atoms with Crippen molar-refractivity contribution in [2.75, 3.05) is 11.4 Å². The summed E-state index contributed by atoms with van der Waals surface area (Å²) in [4.78, 5) is 6.77. The van der Waals surface area contributed by atoms with Gasteiger partial charge in [0.1, 0.15) is 0 Å². The molecule has 1 unspecified atom stereocenters. The highest BCUT2D eigenvalue weighted by Crippen LogP contribution is 2.27. The Morgan fingerprint density at radius 2 is 2.10 bits per heavy atom. The lowest BCUT2D eigenvalue weighted by atomic mass is 10.0. The number of benzene rings is 1. The fraction of sp³-hybridized carbons (Fsp3) is 0.353. The van der Waals surface area contributed by atoms with Gasteiger partial charge < -0.3 is 10.6 Å². The van der Waals surface area contributed by atoms with Crippen LogP contribution in [0.3, 0.4) is 0 Å². The van der Waals surface area contributed by atoms with Gasteiger partial charge in [0.2, 0.25) is 0 Å². The SMILES string of the molecule is CCN(Cc1ccccn1)c1cc(Br)ccc1CC(C)N. The van der Waals surface area contributed by atoms with E-state index < -0.39 is 0 Å². The number of nitrogens with zero attached hydrogens (tertiary/aromatic N) is 2. The maximum absolute atomic E-state index is 5.98. The van der Waals surface area contributed by atoms with E-state index in [2.05, 4.69) is 57.0 Å². The van der Waals surface area contributed by atoms with Crippen LogP contribution in [0, 0.1) is 0 Å². The number of hydrogen-bond acceptors (Lipinski definition) is 3. The van der Waals surface area contributed by atoms with Crippen molar-refractivity contribution in [1.29, 1.82) is 0 Å². The number of rotatable bonds is 6. The first-order valence-electron chi connectivity index (χ1n) is 7.29. The number of nitrogens with two attached hydrogens (primary N) is 1. The molecular formula is C17H22BrN3. The average molecular weight is 348 g/mol. The van der Waals surface area contributed by atoms with Gasteiger partial charge in [-0.25, -0.2) is 0 Å². The largest absolute Gasteiger partial charge is 0.366 e. The van der Waals surface area contributed by atoms with Gasteiger partial charge in [0, 0.05) is 28.9 Å². The second kappa shape index (κ2) is 7.57. The Balaban J connectivity index is 2.30. The topological polar surface area (TPSA) is 42.2 Å². The van der Waals surface area contributed by atoms with Crippen molar-refractivity contribution in [3.8, 4) is 0 Å². The van der Waals surface area contributed by atoms with Crippen molar-refractivity contribution in [1.82, 2.24) is 4.98 Å². The quantitative estimate of drug-likeness (QED) is 0.864. The zero-order valence-electron chi connectivity index (χ0n) is 12.6. The van der Waals surface area contributed by atoms with Crippen molar-refractivity contribution < 1.29 is 0 Å². The standard InChI is InChI=1S/C17H22BrN3/c1-3-21(12-16-6-4-5-9-20-16)17-11-15(18)8-7-14(17)10-13(2)19/h4-9,11,13H,3,10,12,19H2,1-2H3. The predicted molar refractivity (Wildman–Crippen MR) is 92.5 cm³/mol. The van der Waals surface area contributed by atoms with Gasteiger partial charge >= 0.3 is 0 Å². The summed E-state index contributed by atoms with van der Waals surface area (Å²) >= 11 is 3.57. The van der Waals surface area contributed by atoms with Crippen LogP contribution in [-0.4, -0.2) is 17.6 Å².